The summed E-state index contributed by atoms with van der Waals surface area (Å²) in [5.74, 6) is 0.929. The molecule has 4 aromatic heterocycles. The van der Waals surface area contributed by atoms with E-state index in [-0.39, 0.29) is 11.9 Å². The Hall–Kier alpha value is -2.93. The predicted molar refractivity (Wildman–Crippen MR) is 99.1 cm³/mol. The SMILES string of the molecule is O=C(c1ccsc1)N1CC[C@@H](n2c(-c3ccoc3)nc3cccnc32)C1. The topological polar surface area (TPSA) is 64.2 Å². The van der Waals surface area contributed by atoms with Crippen LogP contribution in [-0.2, 0) is 0 Å². The number of fused-ring (bicyclic) bond motifs is 1. The van der Waals surface area contributed by atoms with Crippen molar-refractivity contribution >= 4 is 28.4 Å². The molecule has 1 aliphatic rings. The molecule has 26 heavy (non-hydrogen) atoms. The summed E-state index contributed by atoms with van der Waals surface area (Å²) < 4.78 is 7.41. The Kier molecular flexibility index (Phi) is 3.60. The smallest absolute Gasteiger partial charge is 0.254 e. The van der Waals surface area contributed by atoms with Gasteiger partial charge in [0.15, 0.2) is 5.65 Å². The van der Waals surface area contributed by atoms with E-state index < -0.39 is 0 Å². The third-order valence-electron chi connectivity index (χ3n) is 4.81. The quantitative estimate of drug-likeness (QED) is 0.554. The first kappa shape index (κ1) is 15.3. The van der Waals surface area contributed by atoms with Crippen LogP contribution in [-0.4, -0.2) is 38.4 Å². The fourth-order valence-electron chi connectivity index (χ4n) is 3.58. The van der Waals surface area contributed by atoms with Gasteiger partial charge in [-0.15, -0.1) is 0 Å². The molecule has 0 N–H and O–H groups in total. The molecule has 0 radical (unpaired) electrons. The summed E-state index contributed by atoms with van der Waals surface area (Å²) in [6.45, 7) is 1.39. The number of pyridine rings is 1. The van der Waals surface area contributed by atoms with Crippen LogP contribution in [0.15, 0.2) is 58.2 Å². The average molecular weight is 364 g/mol. The van der Waals surface area contributed by atoms with Crippen LogP contribution in [0.2, 0.25) is 0 Å². The maximum Gasteiger partial charge on any atom is 0.254 e. The summed E-state index contributed by atoms with van der Waals surface area (Å²) in [5, 5.41) is 3.84. The van der Waals surface area contributed by atoms with Crippen LogP contribution in [0.5, 0.6) is 0 Å². The van der Waals surface area contributed by atoms with Crippen LogP contribution in [0, 0.1) is 0 Å². The lowest BCUT2D eigenvalue weighted by atomic mass is 10.2. The van der Waals surface area contributed by atoms with Gasteiger partial charge in [0.05, 0.1) is 23.4 Å². The Bertz CT molecular complexity index is 1050. The van der Waals surface area contributed by atoms with Crippen molar-refractivity contribution in [3.63, 3.8) is 0 Å². The number of furan rings is 1. The summed E-state index contributed by atoms with van der Waals surface area (Å²) in [5.41, 5.74) is 3.38. The second-order valence-corrected chi connectivity index (χ2v) is 7.15. The van der Waals surface area contributed by atoms with Crippen molar-refractivity contribution < 1.29 is 9.21 Å². The molecule has 4 aromatic rings. The van der Waals surface area contributed by atoms with E-state index in [1.54, 1.807) is 30.1 Å². The number of imidazole rings is 1. The minimum absolute atomic E-state index is 0.0935. The number of aromatic nitrogens is 3. The lowest BCUT2D eigenvalue weighted by Gasteiger charge is -2.18. The summed E-state index contributed by atoms with van der Waals surface area (Å²) in [6.07, 6.45) is 6.00. The number of thiophene rings is 1. The van der Waals surface area contributed by atoms with Crippen LogP contribution >= 0.6 is 11.3 Å². The van der Waals surface area contributed by atoms with Gasteiger partial charge in [0.2, 0.25) is 0 Å². The van der Waals surface area contributed by atoms with Crippen LogP contribution < -0.4 is 0 Å². The highest BCUT2D eigenvalue weighted by molar-refractivity contribution is 7.08. The highest BCUT2D eigenvalue weighted by Crippen LogP contribution is 2.32. The number of amides is 1. The highest BCUT2D eigenvalue weighted by Gasteiger charge is 2.31. The Morgan fingerprint density at radius 2 is 2.27 bits per heavy atom. The second kappa shape index (κ2) is 6.10. The number of hydrogen-bond acceptors (Lipinski definition) is 5. The van der Waals surface area contributed by atoms with Gasteiger partial charge >= 0.3 is 0 Å². The largest absolute Gasteiger partial charge is 0.472 e. The Morgan fingerprint density at radius 3 is 3.08 bits per heavy atom. The number of hydrogen-bond donors (Lipinski definition) is 0. The molecule has 0 aliphatic carbocycles. The average Bonchev–Trinajstić information content (AvgIpc) is 3.47. The number of carbonyl (C=O) groups excluding carboxylic acids is 1. The zero-order chi connectivity index (χ0) is 17.5. The Balaban J connectivity index is 1.53. The molecular weight excluding hydrogens is 348 g/mol. The molecule has 1 fully saturated rings. The molecule has 0 aromatic carbocycles. The molecule has 0 bridgehead atoms. The third-order valence-corrected chi connectivity index (χ3v) is 5.50. The highest BCUT2D eigenvalue weighted by atomic mass is 32.1. The standard InChI is InChI=1S/C19H16N4O2S/c24-19(14-5-9-26-12-14)22-7-3-15(10-22)23-17(13-4-8-25-11-13)21-16-2-1-6-20-18(16)23/h1-2,4-6,8-9,11-12,15H,3,7,10H2/t15-/m1/s1. The number of likely N-dealkylation sites (tertiary alicyclic amines) is 1. The van der Waals surface area contributed by atoms with Gasteiger partial charge in [-0.3, -0.25) is 4.79 Å². The molecule has 7 heteroatoms. The second-order valence-electron chi connectivity index (χ2n) is 6.37. The lowest BCUT2D eigenvalue weighted by molar-refractivity contribution is 0.0788. The summed E-state index contributed by atoms with van der Waals surface area (Å²) in [6, 6.07) is 7.78. The number of nitrogens with zero attached hydrogens (tertiary/aromatic N) is 4. The van der Waals surface area contributed by atoms with Crippen LogP contribution in [0.1, 0.15) is 22.8 Å². The number of carbonyl (C=O) groups is 1. The lowest BCUT2D eigenvalue weighted by Crippen LogP contribution is -2.28. The zero-order valence-corrected chi connectivity index (χ0v) is 14.7. The first-order valence-electron chi connectivity index (χ1n) is 8.48. The van der Waals surface area contributed by atoms with Crippen LogP contribution in [0.25, 0.3) is 22.6 Å². The first-order chi connectivity index (χ1) is 12.8. The molecule has 1 atom stereocenters. The first-order valence-corrected chi connectivity index (χ1v) is 9.42. The summed E-state index contributed by atoms with van der Waals surface area (Å²) in [4.78, 5) is 23.9. The minimum atomic E-state index is 0.0935. The van der Waals surface area contributed by atoms with Crippen LogP contribution in [0.3, 0.4) is 0 Å². The predicted octanol–water partition coefficient (Wildman–Crippen LogP) is 3.84. The molecule has 0 spiro atoms. The van der Waals surface area contributed by atoms with E-state index in [0.717, 1.165) is 41.1 Å². The minimum Gasteiger partial charge on any atom is -0.472 e. The van der Waals surface area contributed by atoms with Crippen molar-refractivity contribution in [1.29, 1.82) is 0 Å². The fraction of sp³-hybridized carbons (Fsp3) is 0.211. The van der Waals surface area contributed by atoms with Crippen LogP contribution in [0.4, 0.5) is 0 Å². The van der Waals surface area contributed by atoms with Gasteiger partial charge in [0.25, 0.3) is 5.91 Å². The monoisotopic (exact) mass is 364 g/mol. The van der Waals surface area contributed by atoms with Crippen molar-refractivity contribution in [1.82, 2.24) is 19.4 Å². The van der Waals surface area contributed by atoms with Gasteiger partial charge in [0.1, 0.15) is 17.6 Å². The third kappa shape index (κ3) is 2.43. The maximum absolute atomic E-state index is 12.7. The molecular formula is C19H16N4O2S. The summed E-state index contributed by atoms with van der Waals surface area (Å²) >= 11 is 1.54. The molecule has 6 nitrogen and oxygen atoms in total. The van der Waals surface area contributed by atoms with E-state index in [1.807, 2.05) is 39.9 Å². The Labute approximate surface area is 153 Å². The molecule has 5 heterocycles. The Morgan fingerprint density at radius 1 is 1.31 bits per heavy atom. The van der Waals surface area contributed by atoms with E-state index in [4.69, 9.17) is 9.40 Å². The van der Waals surface area contributed by atoms with Crippen molar-refractivity contribution in [2.24, 2.45) is 0 Å². The van der Waals surface area contributed by atoms with E-state index >= 15 is 0 Å². The van der Waals surface area contributed by atoms with Gasteiger partial charge in [-0.25, -0.2) is 9.97 Å². The van der Waals surface area contributed by atoms with Crippen molar-refractivity contribution in [3.05, 3.63) is 59.3 Å². The van der Waals surface area contributed by atoms with Gasteiger partial charge in [-0.05, 0) is 36.1 Å². The van der Waals surface area contributed by atoms with Crippen molar-refractivity contribution in [3.8, 4) is 11.4 Å². The summed E-state index contributed by atoms with van der Waals surface area (Å²) in [7, 11) is 0. The van der Waals surface area contributed by atoms with Crippen molar-refractivity contribution in [2.45, 2.75) is 12.5 Å². The van der Waals surface area contributed by atoms with Gasteiger partial charge in [-0.2, -0.15) is 11.3 Å². The molecule has 0 unspecified atom stereocenters. The van der Waals surface area contributed by atoms with E-state index in [2.05, 4.69) is 9.55 Å². The van der Waals surface area contributed by atoms with Gasteiger partial charge in [0, 0.05) is 24.7 Å². The van der Waals surface area contributed by atoms with E-state index in [1.165, 1.54) is 0 Å². The van der Waals surface area contributed by atoms with Gasteiger partial charge in [-0.1, -0.05) is 0 Å². The number of rotatable bonds is 3. The molecule has 0 saturated carbocycles. The molecule has 1 saturated heterocycles. The molecule has 1 aliphatic heterocycles. The van der Waals surface area contributed by atoms with Crippen molar-refractivity contribution in [2.75, 3.05) is 13.1 Å². The fourth-order valence-corrected chi connectivity index (χ4v) is 4.21. The van der Waals surface area contributed by atoms with E-state index in [0.29, 0.717) is 6.54 Å². The molecule has 130 valence electrons. The van der Waals surface area contributed by atoms with E-state index in [9.17, 15) is 4.79 Å². The normalized spacial score (nSPS) is 17.2. The zero-order valence-electron chi connectivity index (χ0n) is 13.9. The maximum atomic E-state index is 12.7. The molecule has 5 rings (SSSR count). The van der Waals surface area contributed by atoms with Gasteiger partial charge < -0.3 is 13.9 Å². The molecule has 1 amide bonds.